The smallest absolute Gasteiger partial charge is 0.271 e. The first kappa shape index (κ1) is 18.6. The summed E-state index contributed by atoms with van der Waals surface area (Å²) in [4.78, 5) is 25.8. The SMILES string of the molecule is O=C(N/N=C\c1cc(Br)cc(Br)c1O)c1cccc(N2CCCC2=O)c1. The van der Waals surface area contributed by atoms with Crippen LogP contribution in [0.5, 0.6) is 5.75 Å². The fourth-order valence-electron chi connectivity index (χ4n) is 2.65. The maximum absolute atomic E-state index is 12.3. The van der Waals surface area contributed by atoms with E-state index in [1.54, 1.807) is 41.3 Å². The molecule has 0 unspecified atom stereocenters. The third-order valence-electron chi connectivity index (χ3n) is 3.92. The van der Waals surface area contributed by atoms with Crippen LogP contribution in [0.15, 0.2) is 50.4 Å². The largest absolute Gasteiger partial charge is 0.506 e. The number of hydrogen-bond donors (Lipinski definition) is 2. The summed E-state index contributed by atoms with van der Waals surface area (Å²) in [6.07, 6.45) is 2.72. The van der Waals surface area contributed by atoms with E-state index in [0.29, 0.717) is 34.3 Å². The number of carbonyl (C=O) groups excluding carboxylic acids is 2. The Hall–Kier alpha value is -2.19. The highest BCUT2D eigenvalue weighted by Gasteiger charge is 2.22. The van der Waals surface area contributed by atoms with Crippen LogP contribution in [0.1, 0.15) is 28.8 Å². The Bertz CT molecular complexity index is 899. The van der Waals surface area contributed by atoms with Crippen molar-refractivity contribution in [1.29, 1.82) is 0 Å². The van der Waals surface area contributed by atoms with Gasteiger partial charge in [0.25, 0.3) is 5.91 Å². The number of halogens is 2. The van der Waals surface area contributed by atoms with E-state index in [4.69, 9.17) is 0 Å². The second kappa shape index (κ2) is 8.01. The molecular formula is C18H15Br2N3O3. The fraction of sp³-hybridized carbons (Fsp3) is 0.167. The molecule has 1 aliphatic rings. The Morgan fingerprint density at radius 2 is 2.08 bits per heavy atom. The number of carbonyl (C=O) groups is 2. The monoisotopic (exact) mass is 479 g/mol. The van der Waals surface area contributed by atoms with E-state index < -0.39 is 5.91 Å². The average Bonchev–Trinajstić information content (AvgIpc) is 3.05. The van der Waals surface area contributed by atoms with E-state index in [9.17, 15) is 14.7 Å². The summed E-state index contributed by atoms with van der Waals surface area (Å²) in [5, 5.41) is 13.9. The van der Waals surface area contributed by atoms with Crippen LogP contribution in [-0.2, 0) is 4.79 Å². The van der Waals surface area contributed by atoms with Gasteiger partial charge in [-0.2, -0.15) is 5.10 Å². The summed E-state index contributed by atoms with van der Waals surface area (Å²) in [5.41, 5.74) is 3.98. The summed E-state index contributed by atoms with van der Waals surface area (Å²) < 4.78 is 1.28. The van der Waals surface area contributed by atoms with Gasteiger partial charge in [-0.1, -0.05) is 22.0 Å². The Morgan fingerprint density at radius 3 is 2.81 bits per heavy atom. The lowest BCUT2D eigenvalue weighted by Crippen LogP contribution is -2.24. The highest BCUT2D eigenvalue weighted by Crippen LogP contribution is 2.30. The van der Waals surface area contributed by atoms with Gasteiger partial charge in [0, 0.05) is 34.3 Å². The van der Waals surface area contributed by atoms with Crippen molar-refractivity contribution in [2.24, 2.45) is 5.10 Å². The van der Waals surface area contributed by atoms with Crippen LogP contribution in [-0.4, -0.2) is 29.7 Å². The van der Waals surface area contributed by atoms with Crippen LogP contribution in [0.3, 0.4) is 0 Å². The minimum atomic E-state index is -0.400. The number of hydrogen-bond acceptors (Lipinski definition) is 4. The predicted octanol–water partition coefficient (Wildman–Crippen LogP) is 3.81. The first-order valence-corrected chi connectivity index (χ1v) is 9.46. The van der Waals surface area contributed by atoms with E-state index in [-0.39, 0.29) is 11.7 Å². The van der Waals surface area contributed by atoms with E-state index >= 15 is 0 Å². The third-order valence-corrected chi connectivity index (χ3v) is 4.98. The molecule has 0 saturated carbocycles. The number of nitrogens with zero attached hydrogens (tertiary/aromatic N) is 2. The topological polar surface area (TPSA) is 82.0 Å². The summed E-state index contributed by atoms with van der Waals surface area (Å²) in [6.45, 7) is 0.666. The van der Waals surface area contributed by atoms with Crippen molar-refractivity contribution in [2.45, 2.75) is 12.8 Å². The first-order valence-electron chi connectivity index (χ1n) is 7.87. The zero-order valence-electron chi connectivity index (χ0n) is 13.6. The molecule has 26 heavy (non-hydrogen) atoms. The molecule has 1 heterocycles. The number of benzene rings is 2. The van der Waals surface area contributed by atoms with E-state index in [0.717, 1.165) is 10.9 Å². The van der Waals surface area contributed by atoms with Crippen molar-refractivity contribution in [3.8, 4) is 5.75 Å². The molecule has 0 radical (unpaired) electrons. The molecule has 1 fully saturated rings. The molecule has 1 aliphatic heterocycles. The van der Waals surface area contributed by atoms with Gasteiger partial charge in [-0.05, 0) is 52.7 Å². The van der Waals surface area contributed by atoms with Crippen LogP contribution >= 0.6 is 31.9 Å². The standard InChI is InChI=1S/C18H15Br2N3O3/c19-13-7-12(17(25)15(20)9-13)10-21-22-18(26)11-3-1-4-14(8-11)23-6-2-5-16(23)24/h1,3-4,7-10,25H,2,5-6H2,(H,22,26)/b21-10-. The normalized spacial score (nSPS) is 14.2. The van der Waals surface area contributed by atoms with Gasteiger partial charge in [-0.15, -0.1) is 0 Å². The third kappa shape index (κ3) is 4.13. The van der Waals surface area contributed by atoms with Gasteiger partial charge in [0.2, 0.25) is 5.91 Å². The van der Waals surface area contributed by atoms with Crippen molar-refractivity contribution in [3.05, 3.63) is 56.5 Å². The van der Waals surface area contributed by atoms with Crippen molar-refractivity contribution < 1.29 is 14.7 Å². The average molecular weight is 481 g/mol. The molecule has 134 valence electrons. The molecule has 0 aliphatic carbocycles. The van der Waals surface area contributed by atoms with Crippen LogP contribution in [0.4, 0.5) is 5.69 Å². The second-order valence-electron chi connectivity index (χ2n) is 5.72. The van der Waals surface area contributed by atoms with E-state index in [1.807, 2.05) is 0 Å². The molecule has 2 aromatic carbocycles. The van der Waals surface area contributed by atoms with Gasteiger partial charge in [0.1, 0.15) is 5.75 Å². The predicted molar refractivity (Wildman–Crippen MR) is 107 cm³/mol. The number of rotatable bonds is 4. The fourth-order valence-corrected chi connectivity index (χ4v) is 3.90. The lowest BCUT2D eigenvalue weighted by atomic mass is 10.2. The van der Waals surface area contributed by atoms with Crippen LogP contribution in [0.2, 0.25) is 0 Å². The quantitative estimate of drug-likeness (QED) is 0.515. The lowest BCUT2D eigenvalue weighted by Gasteiger charge is -2.16. The summed E-state index contributed by atoms with van der Waals surface area (Å²) in [5.74, 6) is -0.305. The van der Waals surface area contributed by atoms with Crippen molar-refractivity contribution in [2.75, 3.05) is 11.4 Å². The lowest BCUT2D eigenvalue weighted by molar-refractivity contribution is -0.117. The number of nitrogens with one attached hydrogen (secondary N) is 1. The van der Waals surface area contributed by atoms with E-state index in [2.05, 4.69) is 42.4 Å². The summed E-state index contributed by atoms with van der Waals surface area (Å²) >= 11 is 6.57. The Balaban J connectivity index is 1.72. The molecule has 0 bridgehead atoms. The second-order valence-corrected chi connectivity index (χ2v) is 7.49. The number of amides is 2. The molecule has 0 spiro atoms. The highest BCUT2D eigenvalue weighted by molar-refractivity contribution is 9.11. The van der Waals surface area contributed by atoms with Crippen LogP contribution < -0.4 is 10.3 Å². The van der Waals surface area contributed by atoms with Gasteiger partial charge < -0.3 is 10.0 Å². The summed E-state index contributed by atoms with van der Waals surface area (Å²) in [6, 6.07) is 10.2. The van der Waals surface area contributed by atoms with Crippen molar-refractivity contribution in [1.82, 2.24) is 5.43 Å². The molecule has 0 atom stereocenters. The molecule has 8 heteroatoms. The minimum Gasteiger partial charge on any atom is -0.506 e. The molecule has 2 aromatic rings. The Kier molecular flexibility index (Phi) is 5.73. The zero-order valence-corrected chi connectivity index (χ0v) is 16.7. The molecule has 6 nitrogen and oxygen atoms in total. The van der Waals surface area contributed by atoms with Gasteiger partial charge in [0.15, 0.2) is 0 Å². The van der Waals surface area contributed by atoms with Gasteiger partial charge in [0.05, 0.1) is 10.7 Å². The molecule has 2 amide bonds. The summed E-state index contributed by atoms with van der Waals surface area (Å²) in [7, 11) is 0. The van der Waals surface area contributed by atoms with Crippen molar-refractivity contribution >= 4 is 55.6 Å². The van der Waals surface area contributed by atoms with Crippen LogP contribution in [0, 0.1) is 0 Å². The maximum Gasteiger partial charge on any atom is 0.271 e. The van der Waals surface area contributed by atoms with E-state index in [1.165, 1.54) is 6.21 Å². The highest BCUT2D eigenvalue weighted by atomic mass is 79.9. The van der Waals surface area contributed by atoms with Gasteiger partial charge in [-0.25, -0.2) is 5.43 Å². The Morgan fingerprint density at radius 1 is 1.27 bits per heavy atom. The first-order chi connectivity index (χ1) is 12.5. The van der Waals surface area contributed by atoms with Gasteiger partial charge >= 0.3 is 0 Å². The van der Waals surface area contributed by atoms with Crippen LogP contribution in [0.25, 0.3) is 0 Å². The number of phenolic OH excluding ortho intramolecular Hbond substituents is 1. The van der Waals surface area contributed by atoms with Gasteiger partial charge in [-0.3, -0.25) is 9.59 Å². The minimum absolute atomic E-state index is 0.0285. The van der Waals surface area contributed by atoms with Crippen molar-refractivity contribution in [3.63, 3.8) is 0 Å². The number of anilines is 1. The number of hydrazone groups is 1. The molecule has 0 aromatic heterocycles. The zero-order chi connectivity index (χ0) is 18.7. The number of phenols is 1. The number of aromatic hydroxyl groups is 1. The molecule has 1 saturated heterocycles. The molecule has 2 N–H and O–H groups in total. The Labute approximate surface area is 167 Å². The maximum atomic E-state index is 12.3. The molecule has 3 rings (SSSR count). The molecular weight excluding hydrogens is 466 g/mol.